The molecule has 0 unspecified atom stereocenters. The maximum atomic E-state index is 11.3. The van der Waals surface area contributed by atoms with Crippen LogP contribution in [-0.2, 0) is 23.8 Å². The van der Waals surface area contributed by atoms with Gasteiger partial charge in [-0.1, -0.05) is 44.9 Å². The van der Waals surface area contributed by atoms with Crippen molar-refractivity contribution in [2.75, 3.05) is 59.3 Å². The smallest absolute Gasteiger partial charge is 0.130 e. The second-order valence-corrected chi connectivity index (χ2v) is 8.63. The number of carbonyl (C=O) groups excluding carboxylic acids is 2. The zero-order valence-corrected chi connectivity index (χ0v) is 20.7. The largest absolute Gasteiger partial charge is 0.394 e. The average Bonchev–Trinajstić information content (AvgIpc) is 2.74. The molecule has 0 aliphatic heterocycles. The van der Waals surface area contributed by atoms with Crippen LogP contribution < -0.4 is 5.32 Å². The number of hydrogen-bond donors (Lipinski definition) is 2. The van der Waals surface area contributed by atoms with Gasteiger partial charge in [-0.05, 0) is 45.7 Å². The van der Waals surface area contributed by atoms with E-state index < -0.39 is 0 Å². The van der Waals surface area contributed by atoms with Gasteiger partial charge in [0.2, 0.25) is 0 Å². The van der Waals surface area contributed by atoms with E-state index in [0.717, 1.165) is 32.5 Å². The van der Waals surface area contributed by atoms with Crippen LogP contribution in [0.3, 0.4) is 0 Å². The monoisotopic (exact) mass is 459 g/mol. The molecule has 0 amide bonds. The van der Waals surface area contributed by atoms with Crippen molar-refractivity contribution >= 4 is 11.6 Å². The molecule has 32 heavy (non-hydrogen) atoms. The van der Waals surface area contributed by atoms with E-state index >= 15 is 0 Å². The molecule has 7 nitrogen and oxygen atoms in total. The second kappa shape index (κ2) is 24.8. The fourth-order valence-electron chi connectivity index (χ4n) is 3.63. The standard InChI is InChI=1S/C25H49NO6/c1-23(28)20-25(21-24(2)29)22-26-12-10-8-6-4-3-5-7-9-11-14-30-16-18-32-19-17-31-15-13-27/h25-27H,3-22H2,1-2H3. The first-order chi connectivity index (χ1) is 15.6. The summed E-state index contributed by atoms with van der Waals surface area (Å²) in [5, 5.41) is 12.0. The van der Waals surface area contributed by atoms with Gasteiger partial charge in [0, 0.05) is 19.4 Å². The molecule has 0 aliphatic rings. The van der Waals surface area contributed by atoms with Gasteiger partial charge in [0.25, 0.3) is 0 Å². The zero-order chi connectivity index (χ0) is 23.7. The number of nitrogens with one attached hydrogen (secondary N) is 1. The van der Waals surface area contributed by atoms with E-state index in [4.69, 9.17) is 19.3 Å². The summed E-state index contributed by atoms with van der Waals surface area (Å²) in [5.74, 6) is 0.466. The van der Waals surface area contributed by atoms with Crippen molar-refractivity contribution in [3.63, 3.8) is 0 Å². The minimum Gasteiger partial charge on any atom is -0.394 e. The topological polar surface area (TPSA) is 94.1 Å². The Morgan fingerprint density at radius 1 is 0.656 bits per heavy atom. The van der Waals surface area contributed by atoms with Crippen molar-refractivity contribution in [1.82, 2.24) is 5.32 Å². The van der Waals surface area contributed by atoms with Crippen molar-refractivity contribution < 1.29 is 28.9 Å². The Bertz CT molecular complexity index is 417. The highest BCUT2D eigenvalue weighted by Gasteiger charge is 2.13. The summed E-state index contributed by atoms with van der Waals surface area (Å²) in [6.45, 7) is 8.42. The highest BCUT2D eigenvalue weighted by atomic mass is 16.5. The lowest BCUT2D eigenvalue weighted by molar-refractivity contribution is -0.119. The lowest BCUT2D eigenvalue weighted by Crippen LogP contribution is -2.26. The molecule has 0 fully saturated rings. The first kappa shape index (κ1) is 31.1. The highest BCUT2D eigenvalue weighted by molar-refractivity contribution is 5.79. The third-order valence-corrected chi connectivity index (χ3v) is 5.21. The molecule has 0 aliphatic carbocycles. The number of aliphatic hydroxyl groups is 1. The molecular formula is C25H49NO6. The SMILES string of the molecule is CC(=O)CC(CNCCCCCCCCCCCOCCOCCOCCO)CC(C)=O. The lowest BCUT2D eigenvalue weighted by atomic mass is 9.97. The van der Waals surface area contributed by atoms with Crippen molar-refractivity contribution in [2.24, 2.45) is 5.92 Å². The van der Waals surface area contributed by atoms with Gasteiger partial charge in [-0.3, -0.25) is 0 Å². The Balaban J connectivity index is 3.24. The lowest BCUT2D eigenvalue weighted by Gasteiger charge is -2.14. The quantitative estimate of drug-likeness (QED) is 0.190. The van der Waals surface area contributed by atoms with Gasteiger partial charge in [0.05, 0.1) is 39.6 Å². The van der Waals surface area contributed by atoms with E-state index in [1.807, 2.05) is 0 Å². The van der Waals surface area contributed by atoms with Gasteiger partial charge in [-0.2, -0.15) is 0 Å². The fourth-order valence-corrected chi connectivity index (χ4v) is 3.63. The molecular weight excluding hydrogens is 410 g/mol. The van der Waals surface area contributed by atoms with Gasteiger partial charge in [0.1, 0.15) is 11.6 Å². The van der Waals surface area contributed by atoms with E-state index in [9.17, 15) is 9.59 Å². The minimum absolute atomic E-state index is 0.0523. The molecule has 0 bridgehead atoms. The number of Topliss-reactive ketones (excluding diaryl/α,β-unsaturated/α-hetero) is 2. The van der Waals surface area contributed by atoms with Gasteiger partial charge in [-0.25, -0.2) is 0 Å². The van der Waals surface area contributed by atoms with Crippen LogP contribution in [0.2, 0.25) is 0 Å². The molecule has 0 radical (unpaired) electrons. The summed E-state index contributed by atoms with van der Waals surface area (Å²) in [6.07, 6.45) is 12.2. The molecule has 0 spiro atoms. The molecule has 0 rings (SSSR count). The summed E-state index contributed by atoms with van der Waals surface area (Å²) >= 11 is 0. The zero-order valence-electron chi connectivity index (χ0n) is 20.7. The fraction of sp³-hybridized carbons (Fsp3) is 0.920. The number of rotatable bonds is 26. The van der Waals surface area contributed by atoms with E-state index in [1.165, 1.54) is 44.9 Å². The number of ketones is 2. The van der Waals surface area contributed by atoms with E-state index in [0.29, 0.717) is 45.9 Å². The molecule has 0 saturated heterocycles. The van der Waals surface area contributed by atoms with Crippen LogP contribution in [0.5, 0.6) is 0 Å². The molecule has 190 valence electrons. The highest BCUT2D eigenvalue weighted by Crippen LogP contribution is 2.11. The first-order valence-electron chi connectivity index (χ1n) is 12.6. The number of unbranched alkanes of at least 4 members (excludes halogenated alkanes) is 8. The van der Waals surface area contributed by atoms with Gasteiger partial charge >= 0.3 is 0 Å². The Hall–Kier alpha value is -0.860. The minimum atomic E-state index is 0.0523. The normalized spacial score (nSPS) is 11.4. The van der Waals surface area contributed by atoms with E-state index in [2.05, 4.69) is 5.32 Å². The molecule has 7 heteroatoms. The van der Waals surface area contributed by atoms with E-state index in [1.54, 1.807) is 13.8 Å². The third kappa shape index (κ3) is 25.4. The van der Waals surface area contributed by atoms with Crippen LogP contribution in [0.4, 0.5) is 0 Å². The first-order valence-corrected chi connectivity index (χ1v) is 12.6. The second-order valence-electron chi connectivity index (χ2n) is 8.63. The molecule has 0 aromatic rings. The predicted molar refractivity (Wildman–Crippen MR) is 128 cm³/mol. The van der Waals surface area contributed by atoms with Gasteiger partial charge in [0.15, 0.2) is 0 Å². The average molecular weight is 460 g/mol. The summed E-state index contributed by atoms with van der Waals surface area (Å²) in [5.41, 5.74) is 0. The molecule has 0 aromatic heterocycles. The Morgan fingerprint density at radius 2 is 1.09 bits per heavy atom. The number of ether oxygens (including phenoxy) is 3. The maximum Gasteiger partial charge on any atom is 0.130 e. The molecule has 0 atom stereocenters. The van der Waals surface area contributed by atoms with Crippen LogP contribution >= 0.6 is 0 Å². The summed E-state index contributed by atoms with van der Waals surface area (Å²) < 4.78 is 16.0. The molecule has 0 saturated carbocycles. The van der Waals surface area contributed by atoms with Crippen molar-refractivity contribution in [3.05, 3.63) is 0 Å². The van der Waals surface area contributed by atoms with Crippen molar-refractivity contribution in [3.8, 4) is 0 Å². The van der Waals surface area contributed by atoms with Crippen molar-refractivity contribution in [1.29, 1.82) is 0 Å². The van der Waals surface area contributed by atoms with Crippen LogP contribution in [0, 0.1) is 5.92 Å². The third-order valence-electron chi connectivity index (χ3n) is 5.21. The summed E-state index contributed by atoms with van der Waals surface area (Å²) in [4.78, 5) is 22.6. The van der Waals surface area contributed by atoms with Crippen LogP contribution in [-0.4, -0.2) is 76.0 Å². The van der Waals surface area contributed by atoms with Crippen molar-refractivity contribution in [2.45, 2.75) is 84.5 Å². The van der Waals surface area contributed by atoms with Crippen LogP contribution in [0.1, 0.15) is 84.5 Å². The number of hydrogen-bond acceptors (Lipinski definition) is 7. The van der Waals surface area contributed by atoms with Crippen LogP contribution in [0.25, 0.3) is 0 Å². The molecule has 2 N–H and O–H groups in total. The Kier molecular flexibility index (Phi) is 24.1. The summed E-state index contributed by atoms with van der Waals surface area (Å²) in [7, 11) is 0. The molecule has 0 aromatic carbocycles. The predicted octanol–water partition coefficient (Wildman–Crippen LogP) is 3.70. The maximum absolute atomic E-state index is 11.3. The summed E-state index contributed by atoms with van der Waals surface area (Å²) in [6, 6.07) is 0. The molecule has 0 heterocycles. The number of carbonyl (C=O) groups is 2. The Morgan fingerprint density at radius 3 is 1.59 bits per heavy atom. The Labute approximate surface area is 196 Å². The van der Waals surface area contributed by atoms with Gasteiger partial charge < -0.3 is 34.2 Å². The van der Waals surface area contributed by atoms with Gasteiger partial charge in [-0.15, -0.1) is 0 Å². The number of aliphatic hydroxyl groups excluding tert-OH is 1. The van der Waals surface area contributed by atoms with Crippen LogP contribution in [0.15, 0.2) is 0 Å². The van der Waals surface area contributed by atoms with E-state index in [-0.39, 0.29) is 24.1 Å².